The van der Waals surface area contributed by atoms with Gasteiger partial charge in [-0.3, -0.25) is 0 Å². The molecular weight excluding hydrogens is 378 g/mol. The number of benzene rings is 2. The topological polar surface area (TPSA) is 120 Å². The number of methoxy groups -OCH3 is 1. The van der Waals surface area contributed by atoms with Crippen LogP contribution in [0.2, 0.25) is 0 Å². The summed E-state index contributed by atoms with van der Waals surface area (Å²) in [5.41, 5.74) is 9.49. The Kier molecular flexibility index (Phi) is 6.80. The molecule has 1 aliphatic rings. The monoisotopic (exact) mass is 397 g/mol. The quantitative estimate of drug-likeness (QED) is 0.320. The molecule has 2 aromatic carbocycles. The van der Waals surface area contributed by atoms with Crippen molar-refractivity contribution in [2.45, 2.75) is 24.5 Å². The molecule has 150 valence electrons. The average Bonchev–Trinajstić information content (AvgIpc) is 2.77. The maximum Gasteiger partial charge on any atom is 0.338 e. The summed E-state index contributed by atoms with van der Waals surface area (Å²) in [5.74, 6) is -1.30. The highest BCUT2D eigenvalue weighted by Gasteiger charge is 2.46. The fourth-order valence-electron chi connectivity index (χ4n) is 2.92. The van der Waals surface area contributed by atoms with Crippen LogP contribution in [0.3, 0.4) is 0 Å². The highest BCUT2D eigenvalue weighted by atomic mass is 16.7. The lowest BCUT2D eigenvalue weighted by atomic mass is 10.0. The highest BCUT2D eigenvalue weighted by molar-refractivity contribution is 5.90. The first kappa shape index (κ1) is 20.3. The van der Waals surface area contributed by atoms with Gasteiger partial charge in [-0.05, 0) is 29.8 Å². The van der Waals surface area contributed by atoms with Crippen LogP contribution in [0.1, 0.15) is 20.7 Å². The Morgan fingerprint density at radius 3 is 1.97 bits per heavy atom. The largest absolute Gasteiger partial charge is 0.454 e. The third-order valence-corrected chi connectivity index (χ3v) is 4.34. The maximum atomic E-state index is 12.6. The van der Waals surface area contributed by atoms with Crippen LogP contribution in [-0.2, 0) is 18.9 Å². The van der Waals surface area contributed by atoms with E-state index in [0.29, 0.717) is 11.1 Å². The number of carbonyl (C=O) groups excluding carboxylic acids is 2. The van der Waals surface area contributed by atoms with Gasteiger partial charge in [0.25, 0.3) is 0 Å². The van der Waals surface area contributed by atoms with E-state index in [1.165, 1.54) is 7.11 Å². The molecule has 29 heavy (non-hydrogen) atoms. The van der Waals surface area contributed by atoms with E-state index in [0.717, 1.165) is 0 Å². The molecule has 1 fully saturated rings. The number of esters is 2. The zero-order chi connectivity index (χ0) is 20.6. The van der Waals surface area contributed by atoms with Crippen molar-refractivity contribution in [2.75, 3.05) is 13.7 Å². The molecule has 0 saturated carbocycles. The molecule has 2 aromatic rings. The molecule has 0 N–H and O–H groups in total. The van der Waals surface area contributed by atoms with Crippen LogP contribution >= 0.6 is 0 Å². The zero-order valence-electron chi connectivity index (χ0n) is 15.6. The van der Waals surface area contributed by atoms with E-state index >= 15 is 0 Å². The molecule has 4 atom stereocenters. The normalized spacial score (nSPS) is 23.5. The first-order valence-corrected chi connectivity index (χ1v) is 8.84. The molecule has 1 heterocycles. The van der Waals surface area contributed by atoms with Crippen molar-refractivity contribution in [3.8, 4) is 0 Å². The van der Waals surface area contributed by atoms with E-state index in [1.807, 2.05) is 0 Å². The van der Waals surface area contributed by atoms with Gasteiger partial charge in [0.15, 0.2) is 18.5 Å². The van der Waals surface area contributed by atoms with Crippen LogP contribution in [-0.4, -0.2) is 50.2 Å². The summed E-state index contributed by atoms with van der Waals surface area (Å²) in [6, 6.07) is 15.7. The number of azide groups is 1. The molecule has 0 spiro atoms. The van der Waals surface area contributed by atoms with Gasteiger partial charge in [-0.1, -0.05) is 41.5 Å². The molecule has 0 amide bonds. The van der Waals surface area contributed by atoms with Crippen molar-refractivity contribution in [2.24, 2.45) is 5.11 Å². The van der Waals surface area contributed by atoms with Gasteiger partial charge in [-0.25, -0.2) is 9.59 Å². The van der Waals surface area contributed by atoms with Gasteiger partial charge < -0.3 is 18.9 Å². The molecule has 1 aliphatic heterocycles. The van der Waals surface area contributed by atoms with Crippen molar-refractivity contribution in [3.05, 3.63) is 82.2 Å². The Hall–Kier alpha value is -3.39. The molecule has 4 unspecified atom stereocenters. The zero-order valence-corrected chi connectivity index (χ0v) is 15.6. The van der Waals surface area contributed by atoms with Gasteiger partial charge in [0.05, 0.1) is 17.7 Å². The van der Waals surface area contributed by atoms with Crippen molar-refractivity contribution in [3.63, 3.8) is 0 Å². The summed E-state index contributed by atoms with van der Waals surface area (Å²) in [7, 11) is 1.37. The first-order chi connectivity index (χ1) is 14.1. The Bertz CT molecular complexity index is 886. The lowest BCUT2D eigenvalue weighted by molar-refractivity contribution is -0.237. The molecule has 1 saturated heterocycles. The lowest BCUT2D eigenvalue weighted by Crippen LogP contribution is -2.56. The lowest BCUT2D eigenvalue weighted by Gasteiger charge is -2.39. The molecule has 0 aromatic heterocycles. The average molecular weight is 397 g/mol. The maximum absolute atomic E-state index is 12.6. The second-order valence-electron chi connectivity index (χ2n) is 6.18. The predicted molar refractivity (Wildman–Crippen MR) is 101 cm³/mol. The van der Waals surface area contributed by atoms with E-state index in [4.69, 9.17) is 24.5 Å². The second-order valence-corrected chi connectivity index (χ2v) is 6.18. The standard InChI is InChI=1S/C20H19N3O6/c1-26-20-17(29-19(25)14-10-6-3-7-11-14)16(15(12-27-20)22-23-21)28-18(24)13-8-4-2-5-9-13/h2-11,15-17,20H,12H2,1H3. The predicted octanol–water partition coefficient (Wildman–Crippen LogP) is 3.12. The third-order valence-electron chi connectivity index (χ3n) is 4.34. The van der Waals surface area contributed by atoms with Gasteiger partial charge in [-0.2, -0.15) is 0 Å². The van der Waals surface area contributed by atoms with Crippen LogP contribution in [0.4, 0.5) is 0 Å². The van der Waals surface area contributed by atoms with Gasteiger partial charge in [0, 0.05) is 12.0 Å². The summed E-state index contributed by atoms with van der Waals surface area (Å²) in [6.07, 6.45) is -3.23. The van der Waals surface area contributed by atoms with Gasteiger partial charge >= 0.3 is 11.9 Å². The van der Waals surface area contributed by atoms with E-state index in [-0.39, 0.29) is 6.61 Å². The fourth-order valence-corrected chi connectivity index (χ4v) is 2.92. The van der Waals surface area contributed by atoms with Crippen LogP contribution < -0.4 is 0 Å². The number of ether oxygens (including phenoxy) is 4. The molecule has 0 bridgehead atoms. The summed E-state index contributed by atoms with van der Waals surface area (Å²) in [4.78, 5) is 27.9. The number of hydrogen-bond donors (Lipinski definition) is 0. The summed E-state index contributed by atoms with van der Waals surface area (Å²) >= 11 is 0. The van der Waals surface area contributed by atoms with Crippen LogP contribution in [0.15, 0.2) is 65.8 Å². The first-order valence-electron chi connectivity index (χ1n) is 8.84. The van der Waals surface area contributed by atoms with Crippen LogP contribution in [0.5, 0.6) is 0 Å². The van der Waals surface area contributed by atoms with E-state index in [1.54, 1.807) is 60.7 Å². The minimum atomic E-state index is -1.13. The Morgan fingerprint density at radius 1 is 0.966 bits per heavy atom. The van der Waals surface area contributed by atoms with Gasteiger partial charge in [0.2, 0.25) is 0 Å². The van der Waals surface area contributed by atoms with Gasteiger partial charge in [-0.15, -0.1) is 0 Å². The minimum absolute atomic E-state index is 0.0608. The van der Waals surface area contributed by atoms with Crippen LogP contribution in [0, 0.1) is 0 Å². The minimum Gasteiger partial charge on any atom is -0.454 e. The number of nitrogens with zero attached hydrogens (tertiary/aromatic N) is 3. The Balaban J connectivity index is 1.87. The molecule has 9 heteroatoms. The number of hydrogen-bond acceptors (Lipinski definition) is 7. The molecule has 3 rings (SSSR count). The highest BCUT2D eigenvalue weighted by Crippen LogP contribution is 2.26. The van der Waals surface area contributed by atoms with Crippen LogP contribution in [0.25, 0.3) is 10.4 Å². The second kappa shape index (κ2) is 9.70. The SMILES string of the molecule is COC1OCC(N=[N+]=[N-])C(OC(=O)c2ccccc2)C1OC(=O)c1ccccc1. The Labute approximate surface area is 166 Å². The fraction of sp³-hybridized carbons (Fsp3) is 0.300. The van der Waals surface area contributed by atoms with Crippen molar-refractivity contribution >= 4 is 11.9 Å². The molecular formula is C20H19N3O6. The smallest absolute Gasteiger partial charge is 0.338 e. The molecule has 0 aliphatic carbocycles. The van der Waals surface area contributed by atoms with Crippen molar-refractivity contribution < 1.29 is 28.5 Å². The summed E-state index contributed by atoms with van der Waals surface area (Å²) in [5, 5.41) is 3.64. The van der Waals surface area contributed by atoms with E-state index < -0.39 is 36.5 Å². The number of carbonyl (C=O) groups is 2. The summed E-state index contributed by atoms with van der Waals surface area (Å²) in [6.45, 7) is -0.0608. The molecule has 9 nitrogen and oxygen atoms in total. The Morgan fingerprint density at radius 2 is 1.48 bits per heavy atom. The van der Waals surface area contributed by atoms with E-state index in [9.17, 15) is 9.59 Å². The summed E-state index contributed by atoms with van der Waals surface area (Å²) < 4.78 is 21.9. The molecule has 0 radical (unpaired) electrons. The third kappa shape index (κ3) is 4.91. The van der Waals surface area contributed by atoms with Gasteiger partial charge in [0.1, 0.15) is 6.04 Å². The van der Waals surface area contributed by atoms with E-state index in [2.05, 4.69) is 10.0 Å². The van der Waals surface area contributed by atoms with Crippen molar-refractivity contribution in [1.29, 1.82) is 0 Å². The van der Waals surface area contributed by atoms with Crippen molar-refractivity contribution in [1.82, 2.24) is 0 Å². The number of rotatable bonds is 6.